The van der Waals surface area contributed by atoms with Gasteiger partial charge < -0.3 is 14.2 Å². The molecule has 1 atom stereocenters. The predicted octanol–water partition coefficient (Wildman–Crippen LogP) is 2.96. The van der Waals surface area contributed by atoms with E-state index in [0.29, 0.717) is 11.7 Å². The Balaban J connectivity index is 1.44. The van der Waals surface area contributed by atoms with E-state index in [1.807, 2.05) is 29.3 Å². The number of carbonyl (C=O) groups is 1. The molecule has 4 aromatic rings. The Hall–Kier alpha value is -3.45. The van der Waals surface area contributed by atoms with Gasteiger partial charge in [-0.3, -0.25) is 9.78 Å². The second kappa shape index (κ2) is 7.42. The van der Waals surface area contributed by atoms with Crippen molar-refractivity contribution >= 4 is 11.4 Å². The molecule has 1 amide bonds. The highest BCUT2D eigenvalue weighted by Gasteiger charge is 2.29. The first kappa shape index (κ1) is 18.6. The summed E-state index contributed by atoms with van der Waals surface area (Å²) in [7, 11) is 4.12. The maximum absolute atomic E-state index is 12.9. The summed E-state index contributed by atoms with van der Waals surface area (Å²) in [5, 5.41) is 4.60. The second-order valence-corrected chi connectivity index (χ2v) is 7.94. The third kappa shape index (κ3) is 3.27. The highest BCUT2D eigenvalue weighted by Crippen LogP contribution is 2.23. The zero-order valence-electron chi connectivity index (χ0n) is 17.1. The molecule has 7 heteroatoms. The van der Waals surface area contributed by atoms with Gasteiger partial charge in [0.05, 0.1) is 0 Å². The summed E-state index contributed by atoms with van der Waals surface area (Å²) >= 11 is 0. The minimum absolute atomic E-state index is 0.00330. The van der Waals surface area contributed by atoms with Crippen molar-refractivity contribution < 1.29 is 4.79 Å². The molecular formula is C23H24N6O. The molecule has 1 aliphatic heterocycles. The van der Waals surface area contributed by atoms with E-state index in [1.54, 1.807) is 23.1 Å². The van der Waals surface area contributed by atoms with Crippen LogP contribution in [0.15, 0.2) is 67.3 Å². The van der Waals surface area contributed by atoms with Gasteiger partial charge in [0.15, 0.2) is 5.69 Å². The fraction of sp³-hybridized carbons (Fsp3) is 0.261. The summed E-state index contributed by atoms with van der Waals surface area (Å²) in [6.45, 7) is 1.53. The van der Waals surface area contributed by atoms with Crippen molar-refractivity contribution in [2.45, 2.75) is 12.5 Å². The lowest BCUT2D eigenvalue weighted by Gasteiger charge is -2.19. The fourth-order valence-corrected chi connectivity index (χ4v) is 4.06. The van der Waals surface area contributed by atoms with Crippen molar-refractivity contribution in [2.75, 3.05) is 27.2 Å². The number of fused-ring (bicyclic) bond motifs is 1. The van der Waals surface area contributed by atoms with Crippen molar-refractivity contribution in [3.63, 3.8) is 0 Å². The molecule has 30 heavy (non-hydrogen) atoms. The molecule has 4 aromatic heterocycles. The van der Waals surface area contributed by atoms with Gasteiger partial charge in [0.2, 0.25) is 0 Å². The Morgan fingerprint density at radius 3 is 2.60 bits per heavy atom. The largest absolute Gasteiger partial charge is 0.336 e. The molecule has 0 aliphatic carbocycles. The molecule has 0 saturated carbocycles. The summed E-state index contributed by atoms with van der Waals surface area (Å²) in [6, 6.07) is 14.5. The van der Waals surface area contributed by atoms with Crippen LogP contribution in [-0.2, 0) is 0 Å². The lowest BCUT2D eigenvalue weighted by Crippen LogP contribution is -2.34. The van der Waals surface area contributed by atoms with E-state index in [2.05, 4.69) is 57.9 Å². The molecule has 0 N–H and O–H groups in total. The Bertz CT molecular complexity index is 1190. The average molecular weight is 400 g/mol. The van der Waals surface area contributed by atoms with E-state index in [0.717, 1.165) is 42.0 Å². The number of hydrogen-bond acceptors (Lipinski definition) is 4. The van der Waals surface area contributed by atoms with Gasteiger partial charge in [0.1, 0.15) is 5.82 Å². The molecule has 7 nitrogen and oxygen atoms in total. The monoisotopic (exact) mass is 400 g/mol. The van der Waals surface area contributed by atoms with Crippen molar-refractivity contribution in [1.82, 2.24) is 29.0 Å². The Morgan fingerprint density at radius 1 is 1.03 bits per heavy atom. The first-order valence-electron chi connectivity index (χ1n) is 10.1. The van der Waals surface area contributed by atoms with Crippen molar-refractivity contribution in [3.8, 4) is 16.9 Å². The minimum atomic E-state index is -0.00330. The molecular weight excluding hydrogens is 376 g/mol. The number of rotatable bonds is 4. The molecule has 0 bridgehead atoms. The zero-order chi connectivity index (χ0) is 20.7. The Kier molecular flexibility index (Phi) is 4.59. The third-order valence-electron chi connectivity index (χ3n) is 5.87. The van der Waals surface area contributed by atoms with Crippen molar-refractivity contribution in [1.29, 1.82) is 0 Å². The highest BCUT2D eigenvalue weighted by molar-refractivity contribution is 5.92. The van der Waals surface area contributed by atoms with Gasteiger partial charge >= 0.3 is 0 Å². The number of amides is 1. The molecule has 1 aliphatic rings. The first-order chi connectivity index (χ1) is 14.6. The van der Waals surface area contributed by atoms with Gasteiger partial charge in [-0.15, -0.1) is 0 Å². The van der Waals surface area contributed by atoms with Gasteiger partial charge in [0.25, 0.3) is 5.91 Å². The summed E-state index contributed by atoms with van der Waals surface area (Å²) < 4.78 is 3.87. The Morgan fingerprint density at radius 2 is 1.83 bits per heavy atom. The fourth-order valence-electron chi connectivity index (χ4n) is 4.06. The van der Waals surface area contributed by atoms with Gasteiger partial charge in [-0.1, -0.05) is 6.07 Å². The average Bonchev–Trinajstić information content (AvgIpc) is 3.52. The number of likely N-dealkylation sites (tertiary alicyclic amines) is 1. The van der Waals surface area contributed by atoms with Crippen LogP contribution in [0.3, 0.4) is 0 Å². The van der Waals surface area contributed by atoms with Gasteiger partial charge in [-0.05, 0) is 68.0 Å². The normalized spacial score (nSPS) is 16.6. The molecule has 1 saturated heterocycles. The molecule has 0 spiro atoms. The molecule has 1 fully saturated rings. The van der Waals surface area contributed by atoms with Crippen molar-refractivity contribution in [3.05, 3.63) is 72.9 Å². The molecule has 152 valence electrons. The SMILES string of the molecule is CN(C)[C@@H]1CCN(C(=O)c2ccn(-c3ccc4ccc(-c5ccncc5)cn34)n2)C1. The quantitative estimate of drug-likeness (QED) is 0.529. The summed E-state index contributed by atoms with van der Waals surface area (Å²) in [6.07, 6.45) is 8.53. The predicted molar refractivity (Wildman–Crippen MR) is 116 cm³/mol. The van der Waals surface area contributed by atoms with E-state index in [1.165, 1.54) is 0 Å². The number of likely N-dealkylation sites (N-methyl/N-ethyl adjacent to an activating group) is 1. The number of hydrogen-bond donors (Lipinski definition) is 0. The lowest BCUT2D eigenvalue weighted by atomic mass is 10.1. The summed E-state index contributed by atoms with van der Waals surface area (Å²) in [4.78, 5) is 21.1. The number of carbonyl (C=O) groups excluding carboxylic acids is 1. The van der Waals surface area contributed by atoms with Crippen LogP contribution < -0.4 is 0 Å². The van der Waals surface area contributed by atoms with Crippen LogP contribution in [0.4, 0.5) is 0 Å². The molecule has 0 aromatic carbocycles. The summed E-state index contributed by atoms with van der Waals surface area (Å²) in [5.41, 5.74) is 3.75. The van der Waals surface area contributed by atoms with Gasteiger partial charge in [0, 0.05) is 49.4 Å². The number of aromatic nitrogens is 4. The van der Waals surface area contributed by atoms with E-state index in [9.17, 15) is 4.79 Å². The van der Waals surface area contributed by atoms with Crippen LogP contribution in [-0.4, -0.2) is 68.1 Å². The standard InChI is InChI=1S/C23H24N6O/c1-26(2)20-9-13-27(16-20)23(30)21-10-14-29(25-21)22-6-5-19-4-3-18(15-28(19)22)17-7-11-24-12-8-17/h3-8,10-12,14-15,20H,9,13,16H2,1-2H3/t20-/m1/s1. The minimum Gasteiger partial charge on any atom is -0.336 e. The zero-order valence-corrected chi connectivity index (χ0v) is 17.1. The van der Waals surface area contributed by atoms with Crippen LogP contribution in [0.25, 0.3) is 22.5 Å². The topological polar surface area (TPSA) is 58.7 Å². The second-order valence-electron chi connectivity index (χ2n) is 7.94. The lowest BCUT2D eigenvalue weighted by molar-refractivity contribution is 0.0777. The molecule has 5 heterocycles. The third-order valence-corrected chi connectivity index (χ3v) is 5.87. The maximum atomic E-state index is 12.9. The van der Waals surface area contributed by atoms with Crippen LogP contribution >= 0.6 is 0 Å². The molecule has 0 radical (unpaired) electrons. The summed E-state index contributed by atoms with van der Waals surface area (Å²) in [5.74, 6) is 0.893. The number of pyridine rings is 2. The Labute approximate surface area is 175 Å². The van der Waals surface area contributed by atoms with Gasteiger partial charge in [-0.25, -0.2) is 4.68 Å². The van der Waals surface area contributed by atoms with Crippen LogP contribution in [0.2, 0.25) is 0 Å². The van der Waals surface area contributed by atoms with E-state index in [4.69, 9.17) is 0 Å². The van der Waals surface area contributed by atoms with E-state index < -0.39 is 0 Å². The van der Waals surface area contributed by atoms with E-state index >= 15 is 0 Å². The van der Waals surface area contributed by atoms with Gasteiger partial charge in [-0.2, -0.15) is 5.10 Å². The van der Waals surface area contributed by atoms with E-state index in [-0.39, 0.29) is 5.91 Å². The van der Waals surface area contributed by atoms with Crippen LogP contribution in [0, 0.1) is 0 Å². The van der Waals surface area contributed by atoms with Crippen LogP contribution in [0.1, 0.15) is 16.9 Å². The molecule has 0 unspecified atom stereocenters. The number of nitrogens with zero attached hydrogens (tertiary/aromatic N) is 6. The smallest absolute Gasteiger partial charge is 0.274 e. The maximum Gasteiger partial charge on any atom is 0.274 e. The van der Waals surface area contributed by atoms with Crippen molar-refractivity contribution in [2.24, 2.45) is 0 Å². The first-order valence-corrected chi connectivity index (χ1v) is 10.1. The highest BCUT2D eigenvalue weighted by atomic mass is 16.2. The molecule has 5 rings (SSSR count). The van der Waals surface area contributed by atoms with Crippen LogP contribution in [0.5, 0.6) is 0 Å².